The number of carbonyl (C=O) groups excluding carboxylic acids is 1. The molecule has 3 aromatic carbocycles. The van der Waals surface area contributed by atoms with Crippen molar-refractivity contribution in [3.63, 3.8) is 0 Å². The van der Waals surface area contributed by atoms with Crippen LogP contribution >= 0.6 is 0 Å². The van der Waals surface area contributed by atoms with Gasteiger partial charge < -0.3 is 11.5 Å². The second-order valence-corrected chi connectivity index (χ2v) is 6.58. The summed E-state index contributed by atoms with van der Waals surface area (Å²) in [5, 5.41) is 7.91. The summed E-state index contributed by atoms with van der Waals surface area (Å²) in [5.74, 6) is 0.463. The molecular formula is C22H21N5O. The first-order valence-corrected chi connectivity index (χ1v) is 9.10. The first-order valence-electron chi connectivity index (χ1n) is 9.10. The van der Waals surface area contributed by atoms with Crippen molar-refractivity contribution in [3.8, 4) is 11.1 Å². The highest BCUT2D eigenvalue weighted by Gasteiger charge is 2.16. The van der Waals surface area contributed by atoms with Gasteiger partial charge in [-0.15, -0.1) is 0 Å². The number of carbonyl (C=O) groups is 1. The Bertz CT molecular complexity index is 1150. The van der Waals surface area contributed by atoms with Crippen molar-refractivity contribution in [3.05, 3.63) is 72.3 Å². The number of hydrogen-bond acceptors (Lipinski definition) is 3. The second kappa shape index (κ2) is 7.08. The first-order chi connectivity index (χ1) is 13.6. The molecule has 0 saturated heterocycles. The van der Waals surface area contributed by atoms with Crippen molar-refractivity contribution in [2.24, 2.45) is 5.73 Å². The highest BCUT2D eigenvalue weighted by atomic mass is 16.2. The maximum Gasteiger partial charge on any atom is 0.323 e. The third-order valence-electron chi connectivity index (χ3n) is 4.85. The number of nitrogens with one attached hydrogen (secondary N) is 1. The molecule has 140 valence electrons. The molecule has 6 heteroatoms. The van der Waals surface area contributed by atoms with Crippen LogP contribution in [0.4, 0.5) is 22.0 Å². The van der Waals surface area contributed by atoms with Gasteiger partial charge in [0.05, 0.1) is 22.3 Å². The third kappa shape index (κ3) is 3.05. The Morgan fingerprint density at radius 2 is 1.79 bits per heavy atom. The molecule has 0 aliphatic heterocycles. The van der Waals surface area contributed by atoms with Gasteiger partial charge in [-0.1, -0.05) is 43.3 Å². The molecule has 4 aromatic rings. The largest absolute Gasteiger partial charge is 0.382 e. The van der Waals surface area contributed by atoms with E-state index in [-0.39, 0.29) is 0 Å². The Labute approximate surface area is 162 Å². The van der Waals surface area contributed by atoms with Crippen molar-refractivity contribution in [1.82, 2.24) is 10.2 Å². The van der Waals surface area contributed by atoms with Crippen molar-refractivity contribution in [2.45, 2.75) is 13.3 Å². The SMILES string of the molecule is CCc1cccc(N(C(N)=O)c2ccc(-c3cccc4[nH]nc(N)c34)cc2)c1. The van der Waals surface area contributed by atoms with Crippen LogP contribution in [0.25, 0.3) is 22.0 Å². The molecule has 0 aliphatic carbocycles. The molecule has 0 radical (unpaired) electrons. The van der Waals surface area contributed by atoms with E-state index in [0.29, 0.717) is 11.5 Å². The Morgan fingerprint density at radius 1 is 1.04 bits per heavy atom. The van der Waals surface area contributed by atoms with Gasteiger partial charge in [0.25, 0.3) is 0 Å². The number of nitrogens with zero attached hydrogens (tertiary/aromatic N) is 2. The number of benzene rings is 3. The highest BCUT2D eigenvalue weighted by molar-refractivity contribution is 6.02. The summed E-state index contributed by atoms with van der Waals surface area (Å²) in [4.78, 5) is 13.7. The standard InChI is InChI=1S/C22H21N5O/c1-2-14-5-3-6-17(13-14)27(22(24)28)16-11-9-15(10-12-16)18-7-4-8-19-20(18)21(23)26-25-19/h3-13H,2H2,1H3,(H2,24,28)(H3,23,25,26). The lowest BCUT2D eigenvalue weighted by Crippen LogP contribution is -2.31. The number of fused-ring (bicyclic) bond motifs is 1. The van der Waals surface area contributed by atoms with Gasteiger partial charge in [-0.25, -0.2) is 4.79 Å². The fraction of sp³-hybridized carbons (Fsp3) is 0.0909. The molecular weight excluding hydrogens is 350 g/mol. The lowest BCUT2D eigenvalue weighted by atomic mass is 10.0. The topological polar surface area (TPSA) is 101 Å². The number of nitrogens with two attached hydrogens (primary N) is 2. The molecule has 2 amide bonds. The molecule has 1 aromatic heterocycles. The lowest BCUT2D eigenvalue weighted by Gasteiger charge is -2.21. The number of aromatic nitrogens is 2. The van der Waals surface area contributed by atoms with Crippen LogP contribution in [0.2, 0.25) is 0 Å². The minimum atomic E-state index is -0.526. The van der Waals surface area contributed by atoms with E-state index >= 15 is 0 Å². The molecule has 0 bridgehead atoms. The maximum atomic E-state index is 12.2. The van der Waals surface area contributed by atoms with E-state index in [1.54, 1.807) is 0 Å². The predicted molar refractivity (Wildman–Crippen MR) is 113 cm³/mol. The van der Waals surface area contributed by atoms with Gasteiger partial charge in [-0.2, -0.15) is 5.10 Å². The minimum Gasteiger partial charge on any atom is -0.382 e. The highest BCUT2D eigenvalue weighted by Crippen LogP contribution is 2.33. The Hall–Kier alpha value is -3.80. The van der Waals surface area contributed by atoms with Crippen LogP contribution < -0.4 is 16.4 Å². The van der Waals surface area contributed by atoms with Gasteiger partial charge >= 0.3 is 6.03 Å². The van der Waals surface area contributed by atoms with Crippen molar-refractivity contribution < 1.29 is 4.79 Å². The molecule has 28 heavy (non-hydrogen) atoms. The minimum absolute atomic E-state index is 0.463. The summed E-state index contributed by atoms with van der Waals surface area (Å²) >= 11 is 0. The maximum absolute atomic E-state index is 12.2. The Balaban J connectivity index is 1.75. The molecule has 1 heterocycles. The van der Waals surface area contributed by atoms with E-state index in [0.717, 1.165) is 39.7 Å². The summed E-state index contributed by atoms with van der Waals surface area (Å²) in [6.45, 7) is 2.07. The van der Waals surface area contributed by atoms with Gasteiger partial charge in [0.2, 0.25) is 0 Å². The Kier molecular flexibility index (Phi) is 4.45. The van der Waals surface area contributed by atoms with E-state index in [9.17, 15) is 4.79 Å². The normalized spacial score (nSPS) is 10.9. The van der Waals surface area contributed by atoms with Gasteiger partial charge in [0.1, 0.15) is 0 Å². The van der Waals surface area contributed by atoms with Crippen LogP contribution in [0.1, 0.15) is 12.5 Å². The van der Waals surface area contributed by atoms with Crippen LogP contribution in [0, 0.1) is 0 Å². The van der Waals surface area contributed by atoms with E-state index < -0.39 is 6.03 Å². The fourth-order valence-corrected chi connectivity index (χ4v) is 3.45. The quantitative estimate of drug-likeness (QED) is 0.489. The molecule has 0 saturated carbocycles. The Morgan fingerprint density at radius 3 is 2.50 bits per heavy atom. The first kappa shape index (κ1) is 17.6. The number of rotatable bonds is 4. The second-order valence-electron chi connectivity index (χ2n) is 6.58. The average molecular weight is 371 g/mol. The van der Waals surface area contributed by atoms with Crippen LogP contribution in [0.15, 0.2) is 66.7 Å². The third-order valence-corrected chi connectivity index (χ3v) is 4.85. The van der Waals surface area contributed by atoms with E-state index in [1.807, 2.05) is 66.7 Å². The molecule has 0 unspecified atom stereocenters. The summed E-state index contributed by atoms with van der Waals surface area (Å²) in [6, 6.07) is 20.9. The van der Waals surface area contributed by atoms with E-state index in [2.05, 4.69) is 17.1 Å². The summed E-state index contributed by atoms with van der Waals surface area (Å²) in [7, 11) is 0. The van der Waals surface area contributed by atoms with Crippen LogP contribution in [-0.2, 0) is 6.42 Å². The van der Waals surface area contributed by atoms with Crippen LogP contribution in [0.3, 0.4) is 0 Å². The number of nitrogen functional groups attached to an aromatic ring is 1. The van der Waals surface area contributed by atoms with Crippen molar-refractivity contribution >= 4 is 34.1 Å². The number of anilines is 3. The van der Waals surface area contributed by atoms with Gasteiger partial charge in [-0.3, -0.25) is 10.00 Å². The van der Waals surface area contributed by atoms with Crippen molar-refractivity contribution in [2.75, 3.05) is 10.6 Å². The zero-order valence-electron chi connectivity index (χ0n) is 15.5. The zero-order valence-corrected chi connectivity index (χ0v) is 15.5. The van der Waals surface area contributed by atoms with E-state index in [1.165, 1.54) is 4.90 Å². The number of primary amides is 1. The van der Waals surface area contributed by atoms with Gasteiger partial charge in [0, 0.05) is 0 Å². The van der Waals surface area contributed by atoms with E-state index in [4.69, 9.17) is 11.5 Å². The lowest BCUT2D eigenvalue weighted by molar-refractivity contribution is 0.256. The zero-order chi connectivity index (χ0) is 19.7. The molecule has 5 N–H and O–H groups in total. The summed E-state index contributed by atoms with van der Waals surface area (Å²) in [5.41, 5.74) is 17.1. The monoisotopic (exact) mass is 371 g/mol. The molecule has 0 aliphatic rings. The predicted octanol–water partition coefficient (Wildman–Crippen LogP) is 4.59. The number of aryl methyl sites for hydroxylation is 1. The number of hydrogen-bond donors (Lipinski definition) is 3. The molecule has 6 nitrogen and oxygen atoms in total. The molecule has 0 atom stereocenters. The smallest absolute Gasteiger partial charge is 0.323 e. The average Bonchev–Trinajstić information content (AvgIpc) is 3.10. The number of aromatic amines is 1. The van der Waals surface area contributed by atoms with Gasteiger partial charge in [-0.05, 0) is 53.4 Å². The number of amides is 2. The molecule has 4 rings (SSSR count). The van der Waals surface area contributed by atoms with Crippen LogP contribution in [0.5, 0.6) is 0 Å². The van der Waals surface area contributed by atoms with Crippen molar-refractivity contribution in [1.29, 1.82) is 0 Å². The summed E-state index contributed by atoms with van der Waals surface area (Å²) in [6.07, 6.45) is 0.884. The molecule has 0 spiro atoms. The fourth-order valence-electron chi connectivity index (χ4n) is 3.45. The van der Waals surface area contributed by atoms with Crippen LogP contribution in [-0.4, -0.2) is 16.2 Å². The van der Waals surface area contributed by atoms with Gasteiger partial charge in [0.15, 0.2) is 5.82 Å². The molecule has 0 fully saturated rings. The number of H-pyrrole nitrogens is 1. The number of urea groups is 1. The summed E-state index contributed by atoms with van der Waals surface area (Å²) < 4.78 is 0.